The van der Waals surface area contributed by atoms with Crippen molar-refractivity contribution in [1.82, 2.24) is 25.4 Å². The van der Waals surface area contributed by atoms with Crippen LogP contribution in [-0.2, 0) is 0 Å². The Kier molecular flexibility index (Phi) is 5.26. The third-order valence-electron chi connectivity index (χ3n) is 8.17. The van der Waals surface area contributed by atoms with E-state index in [2.05, 4.69) is 30.7 Å². The number of halogens is 1. The van der Waals surface area contributed by atoms with Crippen LogP contribution in [0.25, 0.3) is 22.0 Å². The van der Waals surface area contributed by atoms with Gasteiger partial charge in [0.1, 0.15) is 24.8 Å². The Hall–Kier alpha value is -4.28. The van der Waals surface area contributed by atoms with Gasteiger partial charge < -0.3 is 24.6 Å². The average molecular weight is 531 g/mol. The number of nitrogens with zero attached hydrogens (tertiary/aromatic N) is 4. The summed E-state index contributed by atoms with van der Waals surface area (Å²) in [6, 6.07) is 6.87. The fourth-order valence-corrected chi connectivity index (χ4v) is 6.35. The smallest absolute Gasteiger partial charge is 0.273 e. The second-order valence-corrected chi connectivity index (χ2v) is 10.8. The van der Waals surface area contributed by atoms with Crippen molar-refractivity contribution in [3.63, 3.8) is 0 Å². The lowest BCUT2D eigenvalue weighted by Crippen LogP contribution is -2.45. The van der Waals surface area contributed by atoms with Crippen molar-refractivity contribution in [2.24, 2.45) is 0 Å². The molecule has 200 valence electrons. The molecule has 2 N–H and O–H groups in total. The number of carbonyl (C=O) groups is 1. The number of rotatable bonds is 5. The van der Waals surface area contributed by atoms with Crippen LogP contribution in [0, 0.1) is 19.7 Å². The minimum absolute atomic E-state index is 0.221. The predicted molar refractivity (Wildman–Crippen MR) is 139 cm³/mol. The molecule has 0 saturated heterocycles. The molecule has 0 spiro atoms. The second-order valence-electron chi connectivity index (χ2n) is 10.8. The summed E-state index contributed by atoms with van der Waals surface area (Å²) >= 11 is 0. The molecule has 2 aliphatic carbocycles. The molecule has 39 heavy (non-hydrogen) atoms. The van der Waals surface area contributed by atoms with Gasteiger partial charge in [0.05, 0.1) is 16.6 Å². The number of ether oxygens (including phenoxy) is 2. The zero-order valence-electron chi connectivity index (χ0n) is 21.6. The molecule has 7 rings (SSSR count). The standard InChI is InChI=1S/C28H27FN6O4/c1-15-13-20(35-39-15)24(36)33-27-6-8-28(14-27,9-7-27)34-26-31-16(2)21-19(32-26)4-3-17(22(21)29)18-5-10-30-25-23(18)37-11-12-38-25/h3-5,10,13H,6-9,11-12,14H2,1-2H3,(H,33,36)(H,31,32,34). The van der Waals surface area contributed by atoms with Crippen molar-refractivity contribution < 1.29 is 23.2 Å². The molecular formula is C28H27FN6O4. The molecule has 0 unspecified atom stereocenters. The maximum atomic E-state index is 15.9. The van der Waals surface area contributed by atoms with Gasteiger partial charge in [0.2, 0.25) is 5.95 Å². The highest BCUT2D eigenvalue weighted by atomic mass is 19.1. The summed E-state index contributed by atoms with van der Waals surface area (Å²) in [6.45, 7) is 4.33. The van der Waals surface area contributed by atoms with Gasteiger partial charge in [0.15, 0.2) is 11.4 Å². The Labute approximate surface area is 223 Å². The van der Waals surface area contributed by atoms with Crippen molar-refractivity contribution in [3.8, 4) is 22.8 Å². The van der Waals surface area contributed by atoms with Crippen LogP contribution in [0.15, 0.2) is 35.0 Å². The van der Waals surface area contributed by atoms with Crippen LogP contribution in [0.5, 0.6) is 11.6 Å². The maximum absolute atomic E-state index is 15.9. The van der Waals surface area contributed by atoms with E-state index in [1.807, 2.05) is 0 Å². The van der Waals surface area contributed by atoms with E-state index in [1.54, 1.807) is 44.3 Å². The minimum atomic E-state index is -0.413. The molecule has 1 aromatic carbocycles. The van der Waals surface area contributed by atoms with Crippen LogP contribution < -0.4 is 20.1 Å². The number of aryl methyl sites for hydroxylation is 2. The summed E-state index contributed by atoms with van der Waals surface area (Å²) in [4.78, 5) is 26.3. The molecule has 10 nitrogen and oxygen atoms in total. The van der Waals surface area contributed by atoms with E-state index in [0.717, 1.165) is 32.1 Å². The fourth-order valence-electron chi connectivity index (χ4n) is 6.35. The quantitative estimate of drug-likeness (QED) is 0.384. The molecule has 3 aromatic heterocycles. The summed E-state index contributed by atoms with van der Waals surface area (Å²) in [6.07, 6.45) is 5.76. The van der Waals surface area contributed by atoms with Gasteiger partial charge >= 0.3 is 0 Å². The number of nitrogens with one attached hydrogen (secondary N) is 2. The first-order valence-corrected chi connectivity index (χ1v) is 13.1. The van der Waals surface area contributed by atoms with Gasteiger partial charge in [-0.15, -0.1) is 0 Å². The Bertz CT molecular complexity index is 1630. The van der Waals surface area contributed by atoms with Crippen LogP contribution in [0.2, 0.25) is 0 Å². The van der Waals surface area contributed by atoms with Gasteiger partial charge in [0, 0.05) is 34.5 Å². The molecule has 4 aromatic rings. The molecule has 0 radical (unpaired) electrons. The lowest BCUT2D eigenvalue weighted by Gasteiger charge is -2.29. The van der Waals surface area contributed by atoms with E-state index >= 15 is 4.39 Å². The Balaban J connectivity index is 1.15. The van der Waals surface area contributed by atoms with Gasteiger partial charge in [-0.25, -0.2) is 19.3 Å². The summed E-state index contributed by atoms with van der Waals surface area (Å²) in [5.41, 5.74) is 1.76. The number of hydrogen-bond donors (Lipinski definition) is 2. The number of pyridine rings is 1. The van der Waals surface area contributed by atoms with Gasteiger partial charge in [-0.2, -0.15) is 0 Å². The van der Waals surface area contributed by atoms with Crippen molar-refractivity contribution >= 4 is 22.8 Å². The van der Waals surface area contributed by atoms with Crippen molar-refractivity contribution in [2.45, 2.75) is 57.0 Å². The minimum Gasteiger partial charge on any atom is -0.484 e. The van der Waals surface area contributed by atoms with E-state index in [9.17, 15) is 4.79 Å². The maximum Gasteiger partial charge on any atom is 0.273 e. The highest BCUT2D eigenvalue weighted by Crippen LogP contribution is 2.52. The van der Waals surface area contributed by atoms with Crippen LogP contribution in [-0.4, -0.2) is 50.3 Å². The highest BCUT2D eigenvalue weighted by Gasteiger charge is 2.55. The molecule has 1 aliphatic heterocycles. The van der Waals surface area contributed by atoms with Crippen molar-refractivity contribution in [3.05, 3.63) is 53.4 Å². The Morgan fingerprint density at radius 2 is 1.79 bits per heavy atom. The van der Waals surface area contributed by atoms with Crippen LogP contribution in [0.1, 0.15) is 54.0 Å². The summed E-state index contributed by atoms with van der Waals surface area (Å²) in [5, 5.41) is 11.0. The number of aromatic nitrogens is 4. The molecule has 1 amide bonds. The van der Waals surface area contributed by atoms with Gasteiger partial charge in [-0.05, 0) is 64.2 Å². The number of amides is 1. The van der Waals surface area contributed by atoms with Crippen molar-refractivity contribution in [2.75, 3.05) is 18.5 Å². The topological polar surface area (TPSA) is 124 Å². The van der Waals surface area contributed by atoms with E-state index in [-0.39, 0.29) is 17.0 Å². The summed E-state index contributed by atoms with van der Waals surface area (Å²) in [7, 11) is 0. The summed E-state index contributed by atoms with van der Waals surface area (Å²) < 4.78 is 32.3. The lowest BCUT2D eigenvalue weighted by molar-refractivity contribution is 0.0891. The SMILES string of the molecule is Cc1cc(C(=O)NC23CCC(Nc4nc(C)c5c(F)c(-c6ccnc7c6OCCO7)ccc5n4)(CC2)C3)no1. The first-order valence-electron chi connectivity index (χ1n) is 13.1. The lowest BCUT2D eigenvalue weighted by atomic mass is 9.91. The molecule has 2 bridgehead atoms. The molecule has 0 atom stereocenters. The van der Waals surface area contributed by atoms with Gasteiger partial charge in [0.25, 0.3) is 11.8 Å². The molecular weight excluding hydrogens is 503 g/mol. The van der Waals surface area contributed by atoms with Gasteiger partial charge in [-0.3, -0.25) is 4.79 Å². The molecule has 2 fully saturated rings. The average Bonchev–Trinajstić information content (AvgIpc) is 3.61. The Morgan fingerprint density at radius 3 is 2.59 bits per heavy atom. The normalized spacial score (nSPS) is 23.3. The van der Waals surface area contributed by atoms with Crippen molar-refractivity contribution in [1.29, 1.82) is 0 Å². The first kappa shape index (κ1) is 23.8. The fraction of sp³-hybridized carbons (Fsp3) is 0.393. The molecule has 11 heteroatoms. The third kappa shape index (κ3) is 3.95. The highest BCUT2D eigenvalue weighted by molar-refractivity contribution is 5.93. The molecule has 2 saturated carbocycles. The molecule has 3 aliphatic rings. The third-order valence-corrected chi connectivity index (χ3v) is 8.17. The van der Waals surface area contributed by atoms with E-state index < -0.39 is 5.82 Å². The number of carbonyl (C=O) groups excluding carboxylic acids is 1. The van der Waals surface area contributed by atoms with Crippen LogP contribution in [0.3, 0.4) is 0 Å². The largest absolute Gasteiger partial charge is 0.484 e. The first-order chi connectivity index (χ1) is 18.8. The second kappa shape index (κ2) is 8.62. The predicted octanol–water partition coefficient (Wildman–Crippen LogP) is 4.50. The summed E-state index contributed by atoms with van der Waals surface area (Å²) in [5.74, 6) is 1.23. The van der Waals surface area contributed by atoms with E-state index in [0.29, 0.717) is 70.0 Å². The molecule has 4 heterocycles. The number of anilines is 1. The van der Waals surface area contributed by atoms with Crippen LogP contribution in [0.4, 0.5) is 10.3 Å². The zero-order chi connectivity index (χ0) is 26.8. The monoisotopic (exact) mass is 530 g/mol. The van der Waals surface area contributed by atoms with E-state index in [4.69, 9.17) is 14.0 Å². The number of hydrogen-bond acceptors (Lipinski definition) is 9. The van der Waals surface area contributed by atoms with E-state index in [1.165, 1.54) is 0 Å². The van der Waals surface area contributed by atoms with Gasteiger partial charge in [-0.1, -0.05) is 5.16 Å². The zero-order valence-corrected chi connectivity index (χ0v) is 21.6. The number of fused-ring (bicyclic) bond motifs is 4. The number of benzene rings is 1. The van der Waals surface area contributed by atoms with Crippen LogP contribution >= 0.6 is 0 Å². The Morgan fingerprint density at radius 1 is 1.00 bits per heavy atom.